The first kappa shape index (κ1) is 17.3. The third-order valence-corrected chi connectivity index (χ3v) is 5.59. The number of anilines is 1. The summed E-state index contributed by atoms with van der Waals surface area (Å²) in [4.78, 5) is 17.5. The molecule has 1 heterocycles. The van der Waals surface area contributed by atoms with Crippen molar-refractivity contribution in [1.29, 1.82) is 0 Å². The molecule has 2 aromatic carbocycles. The van der Waals surface area contributed by atoms with E-state index in [0.29, 0.717) is 20.9 Å². The fraction of sp³-hybridized carbons (Fsp3) is 0.0588. The summed E-state index contributed by atoms with van der Waals surface area (Å²) in [7, 11) is 0. The molecule has 0 unspecified atom stereocenters. The average molecular weight is 395 g/mol. The number of amides is 1. The Balaban J connectivity index is 1.61. The number of thiazole rings is 1. The summed E-state index contributed by atoms with van der Waals surface area (Å²) in [6, 6.07) is 15.1. The van der Waals surface area contributed by atoms with Crippen LogP contribution in [0.4, 0.5) is 5.13 Å². The number of carbonyl (C=O) groups excluding carboxylic acids is 1. The highest BCUT2D eigenvalue weighted by atomic mass is 35.5. The van der Waals surface area contributed by atoms with E-state index in [1.54, 1.807) is 12.1 Å². The lowest BCUT2D eigenvalue weighted by atomic mass is 10.2. The number of nitrogens with one attached hydrogen (secondary N) is 1. The zero-order chi connectivity index (χ0) is 16.9. The van der Waals surface area contributed by atoms with E-state index >= 15 is 0 Å². The number of carbonyl (C=O) groups is 1. The Morgan fingerprint density at radius 2 is 1.92 bits per heavy atom. The van der Waals surface area contributed by atoms with Crippen molar-refractivity contribution in [2.24, 2.45) is 0 Å². The molecule has 0 fully saturated rings. The number of thioether (sulfide) groups is 1. The van der Waals surface area contributed by atoms with Crippen LogP contribution in [0.3, 0.4) is 0 Å². The monoisotopic (exact) mass is 394 g/mol. The zero-order valence-electron chi connectivity index (χ0n) is 12.3. The summed E-state index contributed by atoms with van der Waals surface area (Å²) in [6.45, 7) is 0. The van der Waals surface area contributed by atoms with E-state index in [0.717, 1.165) is 16.2 Å². The molecule has 3 rings (SSSR count). The average Bonchev–Trinajstić information content (AvgIpc) is 3.05. The maximum absolute atomic E-state index is 12.0. The molecule has 0 saturated carbocycles. The highest BCUT2D eigenvalue weighted by Gasteiger charge is 2.10. The normalized spacial score (nSPS) is 10.6. The minimum absolute atomic E-state index is 0.0844. The van der Waals surface area contributed by atoms with Crippen molar-refractivity contribution in [2.75, 3.05) is 11.1 Å². The number of nitrogens with zero attached hydrogens (tertiary/aromatic N) is 1. The van der Waals surface area contributed by atoms with E-state index in [1.807, 2.05) is 41.8 Å². The van der Waals surface area contributed by atoms with E-state index in [1.165, 1.54) is 23.1 Å². The van der Waals surface area contributed by atoms with Gasteiger partial charge in [-0.25, -0.2) is 4.98 Å². The first-order chi connectivity index (χ1) is 11.6. The van der Waals surface area contributed by atoms with Crippen LogP contribution in [0, 0.1) is 0 Å². The van der Waals surface area contributed by atoms with Gasteiger partial charge in [-0.3, -0.25) is 4.79 Å². The predicted molar refractivity (Wildman–Crippen MR) is 103 cm³/mol. The number of rotatable bonds is 5. The molecule has 1 amide bonds. The van der Waals surface area contributed by atoms with Gasteiger partial charge in [0.05, 0.1) is 21.5 Å². The number of halogens is 2. The van der Waals surface area contributed by atoms with E-state index in [-0.39, 0.29) is 5.91 Å². The molecule has 0 spiro atoms. The minimum Gasteiger partial charge on any atom is -0.301 e. The summed E-state index contributed by atoms with van der Waals surface area (Å²) < 4.78 is 0. The summed E-state index contributed by atoms with van der Waals surface area (Å²) in [5.74, 6) is 0.255. The summed E-state index contributed by atoms with van der Waals surface area (Å²) in [5.41, 5.74) is 1.62. The van der Waals surface area contributed by atoms with Crippen molar-refractivity contribution in [2.45, 2.75) is 4.90 Å². The van der Waals surface area contributed by atoms with Crippen LogP contribution in [-0.4, -0.2) is 16.6 Å². The second-order valence-corrected chi connectivity index (χ2v) is 7.54. The van der Waals surface area contributed by atoms with E-state index in [2.05, 4.69) is 10.3 Å². The molecule has 3 nitrogen and oxygen atoms in total. The number of benzene rings is 2. The van der Waals surface area contributed by atoms with Crippen molar-refractivity contribution in [3.8, 4) is 11.3 Å². The highest BCUT2D eigenvalue weighted by Crippen LogP contribution is 2.30. The van der Waals surface area contributed by atoms with Crippen LogP contribution >= 0.6 is 46.3 Å². The molecule has 1 N–H and O–H groups in total. The van der Waals surface area contributed by atoms with Crippen LogP contribution in [0.1, 0.15) is 0 Å². The summed E-state index contributed by atoms with van der Waals surface area (Å²) in [5, 5.41) is 6.24. The molecule has 7 heteroatoms. The molecule has 0 bridgehead atoms. The van der Waals surface area contributed by atoms with Gasteiger partial charge in [0.15, 0.2) is 5.13 Å². The maximum Gasteiger partial charge on any atom is 0.236 e. The first-order valence-electron chi connectivity index (χ1n) is 7.00. The van der Waals surface area contributed by atoms with Crippen molar-refractivity contribution < 1.29 is 4.79 Å². The SMILES string of the molecule is O=C(CSc1ccccc1)Nc1nc(-c2ccc(Cl)c(Cl)c2)cs1. The largest absolute Gasteiger partial charge is 0.301 e. The zero-order valence-corrected chi connectivity index (χ0v) is 15.5. The van der Waals surface area contributed by atoms with Crippen molar-refractivity contribution >= 4 is 57.3 Å². The highest BCUT2D eigenvalue weighted by molar-refractivity contribution is 8.00. The van der Waals surface area contributed by atoms with Gasteiger partial charge in [0.2, 0.25) is 5.91 Å². The molecule has 24 heavy (non-hydrogen) atoms. The van der Waals surface area contributed by atoms with Gasteiger partial charge in [-0.1, -0.05) is 47.5 Å². The molecule has 0 aliphatic heterocycles. The van der Waals surface area contributed by atoms with Gasteiger partial charge in [0, 0.05) is 15.8 Å². The van der Waals surface area contributed by atoms with E-state index in [9.17, 15) is 4.79 Å². The van der Waals surface area contributed by atoms with Crippen LogP contribution in [0.15, 0.2) is 58.8 Å². The molecule has 0 saturated heterocycles. The number of hydrogen-bond donors (Lipinski definition) is 1. The van der Waals surface area contributed by atoms with Gasteiger partial charge in [-0.05, 0) is 24.3 Å². The molecule has 122 valence electrons. The van der Waals surface area contributed by atoms with Crippen LogP contribution in [-0.2, 0) is 4.79 Å². The van der Waals surface area contributed by atoms with Gasteiger partial charge in [0.1, 0.15) is 0 Å². The Kier molecular flexibility index (Phi) is 5.79. The fourth-order valence-electron chi connectivity index (χ4n) is 1.94. The smallest absolute Gasteiger partial charge is 0.236 e. The Labute approximate surface area is 158 Å². The molecular formula is C17H12Cl2N2OS2. The molecular weight excluding hydrogens is 383 g/mol. The first-order valence-corrected chi connectivity index (χ1v) is 9.62. The Morgan fingerprint density at radius 1 is 1.12 bits per heavy atom. The molecule has 0 aliphatic rings. The van der Waals surface area contributed by atoms with Gasteiger partial charge >= 0.3 is 0 Å². The topological polar surface area (TPSA) is 42.0 Å². The van der Waals surface area contributed by atoms with Gasteiger partial charge < -0.3 is 5.32 Å². The van der Waals surface area contributed by atoms with E-state index < -0.39 is 0 Å². The lowest BCUT2D eigenvalue weighted by Gasteiger charge is -2.02. The predicted octanol–water partition coefficient (Wildman–Crippen LogP) is 5.85. The van der Waals surface area contributed by atoms with Crippen molar-refractivity contribution in [3.63, 3.8) is 0 Å². The third kappa shape index (κ3) is 4.51. The Morgan fingerprint density at radius 3 is 2.67 bits per heavy atom. The van der Waals surface area contributed by atoms with Crippen molar-refractivity contribution in [1.82, 2.24) is 4.98 Å². The second kappa shape index (κ2) is 8.03. The van der Waals surface area contributed by atoms with Crippen molar-refractivity contribution in [3.05, 3.63) is 64.0 Å². The lowest BCUT2D eigenvalue weighted by Crippen LogP contribution is -2.13. The number of hydrogen-bond acceptors (Lipinski definition) is 4. The van der Waals surface area contributed by atoms with Crippen LogP contribution < -0.4 is 5.32 Å². The Bertz CT molecular complexity index is 853. The summed E-state index contributed by atoms with van der Waals surface area (Å²) >= 11 is 14.8. The molecule has 0 aliphatic carbocycles. The quantitative estimate of drug-likeness (QED) is 0.551. The summed E-state index contributed by atoms with van der Waals surface area (Å²) in [6.07, 6.45) is 0. The molecule has 3 aromatic rings. The Hall–Kier alpha value is -1.53. The van der Waals surface area contributed by atoms with Crippen LogP contribution in [0.5, 0.6) is 0 Å². The van der Waals surface area contributed by atoms with Crippen LogP contribution in [0.25, 0.3) is 11.3 Å². The molecule has 0 radical (unpaired) electrons. The maximum atomic E-state index is 12.0. The third-order valence-electron chi connectivity index (χ3n) is 3.08. The molecule has 1 aromatic heterocycles. The fourth-order valence-corrected chi connectivity index (χ4v) is 3.69. The van der Waals surface area contributed by atoms with E-state index in [4.69, 9.17) is 23.2 Å². The molecule has 0 atom stereocenters. The minimum atomic E-state index is -0.0844. The lowest BCUT2D eigenvalue weighted by molar-refractivity contribution is -0.113. The van der Waals surface area contributed by atoms with Gasteiger partial charge in [-0.15, -0.1) is 23.1 Å². The number of aromatic nitrogens is 1. The van der Waals surface area contributed by atoms with Crippen LogP contribution in [0.2, 0.25) is 10.0 Å². The standard InChI is InChI=1S/C17H12Cl2N2OS2/c18-13-7-6-11(8-14(13)19)15-9-24-17(20-15)21-16(22)10-23-12-4-2-1-3-5-12/h1-9H,10H2,(H,20,21,22). The van der Waals surface area contributed by atoms with Gasteiger partial charge in [0.25, 0.3) is 0 Å². The van der Waals surface area contributed by atoms with Gasteiger partial charge in [-0.2, -0.15) is 0 Å². The second-order valence-electron chi connectivity index (χ2n) is 4.82.